The highest BCUT2D eigenvalue weighted by molar-refractivity contribution is 5.13. The van der Waals surface area contributed by atoms with Crippen molar-refractivity contribution >= 4 is 0 Å². The average molecular weight is 153 g/mol. The molecule has 0 heterocycles. The van der Waals surface area contributed by atoms with E-state index in [1.54, 1.807) is 0 Å². The van der Waals surface area contributed by atoms with E-state index in [-0.39, 0.29) is 7.43 Å². The Labute approximate surface area is 70.2 Å². The summed E-state index contributed by atoms with van der Waals surface area (Å²) in [5.74, 6) is 0. The van der Waals surface area contributed by atoms with Crippen LogP contribution in [0.4, 0.5) is 0 Å². The van der Waals surface area contributed by atoms with Gasteiger partial charge in [0.15, 0.2) is 0 Å². The first-order chi connectivity index (χ1) is 4.93. The summed E-state index contributed by atoms with van der Waals surface area (Å²) in [4.78, 5) is 0. The Kier molecular flexibility index (Phi) is 10.7. The van der Waals surface area contributed by atoms with Gasteiger partial charge in [-0.05, 0) is 5.56 Å². The van der Waals surface area contributed by atoms with Gasteiger partial charge in [-0.3, -0.25) is 0 Å². The lowest BCUT2D eigenvalue weighted by atomic mass is 10.2. The van der Waals surface area contributed by atoms with Crippen molar-refractivity contribution in [3.63, 3.8) is 0 Å². The van der Waals surface area contributed by atoms with E-state index in [0.717, 1.165) is 0 Å². The van der Waals surface area contributed by atoms with Gasteiger partial charge in [0.2, 0.25) is 0 Å². The Balaban J connectivity index is 0. The largest absolute Gasteiger partial charge is 0.326 e. The van der Waals surface area contributed by atoms with Crippen molar-refractivity contribution in [2.75, 3.05) is 0 Å². The fraction of sp³-hybridized carbons (Fsp3) is 0.400. The molecule has 0 radical (unpaired) electrons. The molecule has 1 nitrogen and oxygen atoms in total. The summed E-state index contributed by atoms with van der Waals surface area (Å²) in [6.45, 7) is 4.64. The minimum atomic E-state index is 0. The molecule has 64 valence electrons. The van der Waals surface area contributed by atoms with Crippen molar-refractivity contribution < 1.29 is 0 Å². The lowest BCUT2D eigenvalue weighted by Crippen LogP contribution is -1.94. The third-order valence-corrected chi connectivity index (χ3v) is 1.08. The highest BCUT2D eigenvalue weighted by Crippen LogP contribution is 1.94. The minimum absolute atomic E-state index is 0. The first-order valence-electron chi connectivity index (χ1n) is 3.67. The van der Waals surface area contributed by atoms with E-state index in [2.05, 4.69) is 0 Å². The van der Waals surface area contributed by atoms with Gasteiger partial charge < -0.3 is 5.73 Å². The van der Waals surface area contributed by atoms with Crippen LogP contribution in [0.3, 0.4) is 0 Å². The monoisotopic (exact) mass is 153 g/mol. The smallest absolute Gasteiger partial charge is 0.0178 e. The maximum atomic E-state index is 5.35. The normalized spacial score (nSPS) is 7.18. The number of nitrogens with two attached hydrogens (primary N) is 1. The van der Waals surface area contributed by atoms with Crippen molar-refractivity contribution in [3.8, 4) is 0 Å². The Morgan fingerprint density at radius 3 is 1.82 bits per heavy atom. The second-order valence-corrected chi connectivity index (χ2v) is 1.69. The van der Waals surface area contributed by atoms with Crippen LogP contribution in [-0.2, 0) is 6.54 Å². The molecule has 0 aromatic heterocycles. The fourth-order valence-corrected chi connectivity index (χ4v) is 0.614. The summed E-state index contributed by atoms with van der Waals surface area (Å²) < 4.78 is 0. The number of hydrogen-bond donors (Lipinski definition) is 1. The summed E-state index contributed by atoms with van der Waals surface area (Å²) in [7, 11) is 0. The molecule has 2 N–H and O–H groups in total. The standard InChI is InChI=1S/C7H9N.C2H6.CH4/c8-6-7-4-2-1-3-5-7;1-2;/h1-5H,6,8H2;1-2H3;1H4. The third kappa shape index (κ3) is 5.62. The quantitative estimate of drug-likeness (QED) is 0.659. The van der Waals surface area contributed by atoms with Crippen LogP contribution >= 0.6 is 0 Å². The molecule has 0 fully saturated rings. The molecule has 0 aliphatic carbocycles. The van der Waals surface area contributed by atoms with Gasteiger partial charge in [-0.15, -0.1) is 0 Å². The van der Waals surface area contributed by atoms with Crippen LogP contribution in [0.2, 0.25) is 0 Å². The van der Waals surface area contributed by atoms with Crippen molar-refractivity contribution in [2.24, 2.45) is 5.73 Å². The van der Waals surface area contributed by atoms with E-state index < -0.39 is 0 Å². The van der Waals surface area contributed by atoms with Crippen LogP contribution in [0.25, 0.3) is 0 Å². The molecule has 1 rings (SSSR count). The number of hydrogen-bond acceptors (Lipinski definition) is 1. The molecule has 11 heavy (non-hydrogen) atoms. The third-order valence-electron chi connectivity index (χ3n) is 1.08. The predicted octanol–water partition coefficient (Wildman–Crippen LogP) is 2.81. The first kappa shape index (κ1) is 12.8. The molecular weight excluding hydrogens is 134 g/mol. The SMILES string of the molecule is C.CC.NCc1ccccc1. The first-order valence-corrected chi connectivity index (χ1v) is 3.67. The maximum absolute atomic E-state index is 5.35. The molecule has 0 spiro atoms. The summed E-state index contributed by atoms with van der Waals surface area (Å²) >= 11 is 0. The summed E-state index contributed by atoms with van der Waals surface area (Å²) in [5.41, 5.74) is 6.54. The minimum Gasteiger partial charge on any atom is -0.326 e. The fourth-order valence-electron chi connectivity index (χ4n) is 0.614. The van der Waals surface area contributed by atoms with E-state index in [1.165, 1.54) is 5.56 Å². The average Bonchev–Trinajstić information content (AvgIpc) is 2.10. The van der Waals surface area contributed by atoms with Crippen LogP contribution in [0.1, 0.15) is 26.8 Å². The molecule has 0 atom stereocenters. The van der Waals surface area contributed by atoms with Crippen LogP contribution < -0.4 is 5.73 Å². The predicted molar refractivity (Wildman–Crippen MR) is 52.4 cm³/mol. The molecule has 1 heteroatoms. The molecule has 1 aromatic carbocycles. The zero-order chi connectivity index (χ0) is 7.82. The highest BCUT2D eigenvalue weighted by Gasteiger charge is 1.80. The Hall–Kier alpha value is -0.820. The second-order valence-electron chi connectivity index (χ2n) is 1.69. The molecule has 0 saturated carbocycles. The van der Waals surface area contributed by atoms with Gasteiger partial charge >= 0.3 is 0 Å². The number of benzene rings is 1. The molecule has 0 bridgehead atoms. The van der Waals surface area contributed by atoms with Gasteiger partial charge in [-0.1, -0.05) is 51.6 Å². The molecular formula is C10H19N. The Bertz CT molecular complexity index is 146. The Morgan fingerprint density at radius 2 is 1.55 bits per heavy atom. The van der Waals surface area contributed by atoms with Crippen LogP contribution in [0.5, 0.6) is 0 Å². The van der Waals surface area contributed by atoms with Gasteiger partial charge in [0, 0.05) is 6.54 Å². The van der Waals surface area contributed by atoms with Gasteiger partial charge in [0.1, 0.15) is 0 Å². The molecule has 0 unspecified atom stereocenters. The topological polar surface area (TPSA) is 26.0 Å². The zero-order valence-electron chi connectivity index (χ0n) is 6.67. The molecule has 0 aliphatic heterocycles. The Morgan fingerprint density at radius 1 is 1.09 bits per heavy atom. The molecule has 0 aliphatic rings. The summed E-state index contributed by atoms with van der Waals surface area (Å²) in [6, 6.07) is 9.99. The van der Waals surface area contributed by atoms with Crippen LogP contribution in [0.15, 0.2) is 30.3 Å². The van der Waals surface area contributed by atoms with Crippen molar-refractivity contribution in [1.82, 2.24) is 0 Å². The van der Waals surface area contributed by atoms with Crippen LogP contribution in [0, 0.1) is 0 Å². The van der Waals surface area contributed by atoms with Crippen molar-refractivity contribution in [1.29, 1.82) is 0 Å². The van der Waals surface area contributed by atoms with E-state index in [9.17, 15) is 0 Å². The van der Waals surface area contributed by atoms with Crippen LogP contribution in [-0.4, -0.2) is 0 Å². The summed E-state index contributed by atoms with van der Waals surface area (Å²) in [6.07, 6.45) is 0. The highest BCUT2D eigenvalue weighted by atomic mass is 14.5. The van der Waals surface area contributed by atoms with E-state index >= 15 is 0 Å². The maximum Gasteiger partial charge on any atom is 0.0178 e. The van der Waals surface area contributed by atoms with E-state index in [0.29, 0.717) is 6.54 Å². The van der Waals surface area contributed by atoms with E-state index in [4.69, 9.17) is 5.73 Å². The van der Waals surface area contributed by atoms with E-state index in [1.807, 2.05) is 44.2 Å². The molecule has 0 saturated heterocycles. The van der Waals surface area contributed by atoms with Gasteiger partial charge in [0.25, 0.3) is 0 Å². The van der Waals surface area contributed by atoms with Gasteiger partial charge in [0.05, 0.1) is 0 Å². The second kappa shape index (κ2) is 9.18. The van der Waals surface area contributed by atoms with Gasteiger partial charge in [-0.25, -0.2) is 0 Å². The zero-order valence-corrected chi connectivity index (χ0v) is 6.67. The van der Waals surface area contributed by atoms with Gasteiger partial charge in [-0.2, -0.15) is 0 Å². The van der Waals surface area contributed by atoms with Crippen molar-refractivity contribution in [2.45, 2.75) is 27.8 Å². The molecule has 0 amide bonds. The molecule has 1 aromatic rings. The van der Waals surface area contributed by atoms with Crippen molar-refractivity contribution in [3.05, 3.63) is 35.9 Å². The lowest BCUT2D eigenvalue weighted by Gasteiger charge is -1.90. The number of rotatable bonds is 1. The summed E-state index contributed by atoms with van der Waals surface area (Å²) in [5, 5.41) is 0. The lowest BCUT2D eigenvalue weighted by molar-refractivity contribution is 1.07.